The molecule has 0 unspecified atom stereocenters. The van der Waals surface area contributed by atoms with Crippen molar-refractivity contribution in [1.29, 1.82) is 0 Å². The Hall–Kier alpha value is -3.87. The summed E-state index contributed by atoms with van der Waals surface area (Å²) in [5, 5.41) is 21.5. The van der Waals surface area contributed by atoms with Crippen molar-refractivity contribution >= 4 is 29.0 Å². The number of fused-ring (bicyclic) bond motifs is 1. The first-order chi connectivity index (χ1) is 20.1. The summed E-state index contributed by atoms with van der Waals surface area (Å²) in [6.45, 7) is 6.10. The number of carbonyl (C=O) groups excluding carboxylic acids is 1. The van der Waals surface area contributed by atoms with Crippen molar-refractivity contribution in [3.63, 3.8) is 0 Å². The number of rotatable bonds is 10. The minimum absolute atomic E-state index is 0.00581. The lowest BCUT2D eigenvalue weighted by atomic mass is 9.85. The second-order valence-corrected chi connectivity index (χ2v) is 12.5. The predicted molar refractivity (Wildman–Crippen MR) is 152 cm³/mol. The van der Waals surface area contributed by atoms with Gasteiger partial charge in [0.2, 0.25) is 11.8 Å². The maximum atomic E-state index is 15.7. The van der Waals surface area contributed by atoms with Crippen LogP contribution in [0.15, 0.2) is 36.4 Å². The molecule has 234 valence electrons. The Labute approximate surface area is 248 Å². The number of ether oxygens (including phenoxy) is 2. The summed E-state index contributed by atoms with van der Waals surface area (Å²) in [6.07, 6.45) is 4.17. The molecule has 1 saturated heterocycles. The van der Waals surface area contributed by atoms with Gasteiger partial charge in [0.05, 0.1) is 30.3 Å². The Morgan fingerprint density at radius 3 is 2.35 bits per heavy atom. The number of carbonyl (C=O) groups is 3. The monoisotopic (exact) mass is 604 g/mol. The molecule has 0 bridgehead atoms. The number of hydrogen-bond acceptors (Lipinski definition) is 7. The van der Waals surface area contributed by atoms with Gasteiger partial charge in [-0.3, -0.25) is 4.79 Å². The first-order valence-electron chi connectivity index (χ1n) is 14.3. The number of carboxylic acid groups (broad SMARTS) is 2. The molecule has 2 fully saturated rings. The number of allylic oxidation sites excluding steroid dienone is 1. The third-order valence-electron chi connectivity index (χ3n) is 7.71. The fraction of sp³-hybridized carbons (Fsp3) is 0.567. The molecule has 3 N–H and O–H groups in total. The van der Waals surface area contributed by atoms with Crippen LogP contribution >= 0.6 is 0 Å². The number of aromatic nitrogens is 2. The number of nitrogens with zero attached hydrogens (tertiary/aromatic N) is 3. The zero-order chi connectivity index (χ0) is 31.6. The zero-order valence-electron chi connectivity index (χ0n) is 24.7. The van der Waals surface area contributed by atoms with Crippen LogP contribution in [0.5, 0.6) is 5.88 Å². The molecule has 2 aromatic rings. The van der Waals surface area contributed by atoms with E-state index in [1.54, 1.807) is 45.0 Å². The lowest BCUT2D eigenvalue weighted by Gasteiger charge is -2.34. The molecule has 43 heavy (non-hydrogen) atoms. The number of nitrogens with one attached hydrogen (secondary N) is 1. The average Bonchev–Trinajstić information content (AvgIpc) is 3.56. The summed E-state index contributed by atoms with van der Waals surface area (Å²) in [4.78, 5) is 46.7. The van der Waals surface area contributed by atoms with Crippen LogP contribution in [-0.2, 0) is 20.2 Å². The van der Waals surface area contributed by atoms with Gasteiger partial charge in [-0.2, -0.15) is 8.78 Å². The number of amides is 2. The SMILES string of the molecule is CC(C)(C)[C@H](NC(=O)O)C(=O)N1C[C@](C)(Oc2nc3ccccc3nc2C(F)(F)/C=C/COC2CCCC2)C[C@H]1C(=O)O. The van der Waals surface area contributed by atoms with Crippen LogP contribution < -0.4 is 10.1 Å². The van der Waals surface area contributed by atoms with Gasteiger partial charge in [-0.1, -0.05) is 51.8 Å². The zero-order valence-corrected chi connectivity index (χ0v) is 24.7. The highest BCUT2D eigenvalue weighted by atomic mass is 19.3. The van der Waals surface area contributed by atoms with E-state index in [-0.39, 0.29) is 36.7 Å². The van der Waals surface area contributed by atoms with Crippen molar-refractivity contribution < 1.29 is 42.9 Å². The smallest absolute Gasteiger partial charge is 0.405 e. The van der Waals surface area contributed by atoms with Gasteiger partial charge in [0.15, 0.2) is 5.69 Å². The third kappa shape index (κ3) is 7.56. The molecule has 0 radical (unpaired) electrons. The maximum Gasteiger partial charge on any atom is 0.405 e. The number of benzene rings is 1. The molecule has 13 heteroatoms. The van der Waals surface area contributed by atoms with Crippen molar-refractivity contribution in [3.8, 4) is 5.88 Å². The molecule has 2 aliphatic rings. The van der Waals surface area contributed by atoms with Crippen molar-refractivity contribution in [2.24, 2.45) is 5.41 Å². The second-order valence-electron chi connectivity index (χ2n) is 12.5. The van der Waals surface area contributed by atoms with Crippen molar-refractivity contribution in [2.75, 3.05) is 13.2 Å². The summed E-state index contributed by atoms with van der Waals surface area (Å²) in [6, 6.07) is 3.76. The topological polar surface area (TPSA) is 151 Å². The molecule has 11 nitrogen and oxygen atoms in total. The minimum Gasteiger partial charge on any atom is -0.480 e. The third-order valence-corrected chi connectivity index (χ3v) is 7.71. The summed E-state index contributed by atoms with van der Waals surface area (Å²) < 4.78 is 43.1. The molecular formula is C30H38F2N4O7. The van der Waals surface area contributed by atoms with E-state index in [0.717, 1.165) is 30.6 Å². The molecule has 4 rings (SSSR count). The van der Waals surface area contributed by atoms with Crippen molar-refractivity contribution in [3.05, 3.63) is 42.1 Å². The summed E-state index contributed by atoms with van der Waals surface area (Å²) in [5.74, 6) is -6.23. The molecule has 2 amide bonds. The van der Waals surface area contributed by atoms with E-state index >= 15 is 8.78 Å². The van der Waals surface area contributed by atoms with Gasteiger partial charge < -0.3 is 29.9 Å². The fourth-order valence-electron chi connectivity index (χ4n) is 5.55. The molecule has 3 atom stereocenters. The standard InChI is InChI=1S/C30H38F2N4O7/c1-28(2,3)23(35-27(40)41)25(37)36-17-29(4,16-21(36)26(38)39)43-24-22(33-19-12-7-8-13-20(19)34-24)30(31,32)14-9-15-42-18-10-5-6-11-18/h7-9,12-14,18,21,23,35H,5-6,10-11,15-17H2,1-4H3,(H,38,39)(H,40,41)/b14-9+/t21-,23+,29+/m0/s1. The minimum atomic E-state index is -3.62. The van der Waals surface area contributed by atoms with Crippen LogP contribution in [0.25, 0.3) is 11.0 Å². The van der Waals surface area contributed by atoms with Crippen LogP contribution in [0.2, 0.25) is 0 Å². The van der Waals surface area contributed by atoms with Crippen LogP contribution in [0.4, 0.5) is 13.6 Å². The van der Waals surface area contributed by atoms with Crippen LogP contribution in [0.3, 0.4) is 0 Å². The number of para-hydroxylation sites is 2. The Morgan fingerprint density at radius 1 is 1.14 bits per heavy atom. The van der Waals surface area contributed by atoms with Crippen LogP contribution in [0, 0.1) is 5.41 Å². The summed E-state index contributed by atoms with van der Waals surface area (Å²) in [5.41, 5.74) is -2.63. The van der Waals surface area contributed by atoms with Crippen LogP contribution in [-0.4, -0.2) is 80.0 Å². The predicted octanol–water partition coefficient (Wildman–Crippen LogP) is 4.74. The van der Waals surface area contributed by atoms with E-state index in [4.69, 9.17) is 9.47 Å². The van der Waals surface area contributed by atoms with E-state index in [1.165, 1.54) is 13.0 Å². The molecule has 2 heterocycles. The van der Waals surface area contributed by atoms with E-state index in [2.05, 4.69) is 15.3 Å². The molecule has 1 aromatic heterocycles. The Kier molecular flexibility index (Phi) is 9.24. The normalized spacial score (nSPS) is 22.3. The largest absolute Gasteiger partial charge is 0.480 e. The Bertz CT molecular complexity index is 1390. The van der Waals surface area contributed by atoms with E-state index < -0.39 is 58.6 Å². The van der Waals surface area contributed by atoms with E-state index in [9.17, 15) is 24.6 Å². The molecular weight excluding hydrogens is 566 g/mol. The van der Waals surface area contributed by atoms with Gasteiger partial charge >= 0.3 is 18.0 Å². The number of halogens is 2. The highest BCUT2D eigenvalue weighted by Gasteiger charge is 2.52. The van der Waals surface area contributed by atoms with Gasteiger partial charge in [0.25, 0.3) is 0 Å². The molecule has 1 aromatic carbocycles. The van der Waals surface area contributed by atoms with Crippen molar-refractivity contribution in [2.45, 2.75) is 89.5 Å². The summed E-state index contributed by atoms with van der Waals surface area (Å²) in [7, 11) is 0. The quantitative estimate of drug-likeness (QED) is 0.327. The second kappa shape index (κ2) is 12.4. The fourth-order valence-corrected chi connectivity index (χ4v) is 5.55. The first kappa shape index (κ1) is 32.1. The van der Waals surface area contributed by atoms with Gasteiger partial charge in [-0.25, -0.2) is 19.6 Å². The average molecular weight is 605 g/mol. The highest BCUT2D eigenvalue weighted by molar-refractivity contribution is 5.90. The number of likely N-dealkylation sites (tertiary alicyclic amines) is 1. The molecule has 0 spiro atoms. The number of aliphatic carboxylic acids is 1. The van der Waals surface area contributed by atoms with Gasteiger partial charge in [-0.15, -0.1) is 0 Å². The number of hydrogen-bond donors (Lipinski definition) is 3. The van der Waals surface area contributed by atoms with Crippen LogP contribution in [0.1, 0.15) is 65.5 Å². The number of alkyl halides is 2. The summed E-state index contributed by atoms with van der Waals surface area (Å²) >= 11 is 0. The van der Waals surface area contributed by atoms with Crippen molar-refractivity contribution in [1.82, 2.24) is 20.2 Å². The lowest BCUT2D eigenvalue weighted by Crippen LogP contribution is -2.56. The molecule has 1 aliphatic carbocycles. The number of carboxylic acids is 1. The highest BCUT2D eigenvalue weighted by Crippen LogP contribution is 2.40. The van der Waals surface area contributed by atoms with E-state index in [0.29, 0.717) is 6.08 Å². The maximum absolute atomic E-state index is 15.7. The van der Waals surface area contributed by atoms with Gasteiger partial charge in [-0.05, 0) is 43.4 Å². The van der Waals surface area contributed by atoms with Gasteiger partial charge in [0, 0.05) is 6.42 Å². The van der Waals surface area contributed by atoms with E-state index in [1.807, 2.05) is 0 Å². The molecule has 1 aliphatic heterocycles. The lowest BCUT2D eigenvalue weighted by molar-refractivity contribution is -0.150. The Balaban J connectivity index is 1.65. The van der Waals surface area contributed by atoms with Gasteiger partial charge in [0.1, 0.15) is 17.7 Å². The molecule has 1 saturated carbocycles. The Morgan fingerprint density at radius 2 is 1.77 bits per heavy atom. The first-order valence-corrected chi connectivity index (χ1v) is 14.3.